The Morgan fingerprint density at radius 1 is 1.38 bits per heavy atom. The Balaban J connectivity index is 2.01. The standard InChI is InChI=1S/C13H19FN2/c1-2-3-12-10-16(9-8-15-12)13-6-4-11(14)5-7-13/h4-7,12,15H,2-3,8-10H2,1H3. The van der Waals surface area contributed by atoms with E-state index in [-0.39, 0.29) is 5.82 Å². The monoisotopic (exact) mass is 222 g/mol. The minimum atomic E-state index is -0.163. The molecule has 1 heterocycles. The summed E-state index contributed by atoms with van der Waals surface area (Å²) in [4.78, 5) is 2.33. The molecule has 3 heteroatoms. The summed E-state index contributed by atoms with van der Waals surface area (Å²) in [5.41, 5.74) is 1.13. The van der Waals surface area contributed by atoms with Crippen molar-refractivity contribution in [3.05, 3.63) is 30.1 Å². The van der Waals surface area contributed by atoms with E-state index in [1.54, 1.807) is 0 Å². The average molecular weight is 222 g/mol. The van der Waals surface area contributed by atoms with Crippen LogP contribution in [0, 0.1) is 5.82 Å². The lowest BCUT2D eigenvalue weighted by Crippen LogP contribution is -2.50. The van der Waals surface area contributed by atoms with Gasteiger partial charge < -0.3 is 10.2 Å². The molecule has 88 valence electrons. The lowest BCUT2D eigenvalue weighted by molar-refractivity contribution is 0.431. The molecule has 0 aromatic heterocycles. The Morgan fingerprint density at radius 3 is 2.81 bits per heavy atom. The predicted octanol–water partition coefficient (Wildman–Crippen LogP) is 2.40. The zero-order valence-corrected chi connectivity index (χ0v) is 9.75. The number of benzene rings is 1. The Bertz CT molecular complexity index is 321. The van der Waals surface area contributed by atoms with E-state index in [9.17, 15) is 4.39 Å². The van der Waals surface area contributed by atoms with E-state index in [1.165, 1.54) is 25.0 Å². The molecule has 0 amide bonds. The number of anilines is 1. The van der Waals surface area contributed by atoms with Crippen molar-refractivity contribution in [2.75, 3.05) is 24.5 Å². The van der Waals surface area contributed by atoms with Gasteiger partial charge in [0.05, 0.1) is 0 Å². The lowest BCUT2D eigenvalue weighted by Gasteiger charge is -2.35. The molecule has 2 nitrogen and oxygen atoms in total. The van der Waals surface area contributed by atoms with Crippen LogP contribution in [0.3, 0.4) is 0 Å². The van der Waals surface area contributed by atoms with Gasteiger partial charge in [0.2, 0.25) is 0 Å². The first-order chi connectivity index (χ1) is 7.79. The normalized spacial score (nSPS) is 21.1. The van der Waals surface area contributed by atoms with Gasteiger partial charge in [-0.15, -0.1) is 0 Å². The number of piperazine rings is 1. The van der Waals surface area contributed by atoms with Crippen LogP contribution in [0.2, 0.25) is 0 Å². The average Bonchev–Trinajstić information content (AvgIpc) is 2.31. The van der Waals surface area contributed by atoms with E-state index in [4.69, 9.17) is 0 Å². The molecule has 1 aliphatic rings. The lowest BCUT2D eigenvalue weighted by atomic mass is 10.1. The zero-order valence-electron chi connectivity index (χ0n) is 9.75. The number of nitrogens with one attached hydrogen (secondary N) is 1. The number of nitrogens with zero attached hydrogens (tertiary/aromatic N) is 1. The molecule has 0 saturated carbocycles. The third-order valence-corrected chi connectivity index (χ3v) is 3.08. The van der Waals surface area contributed by atoms with Crippen LogP contribution < -0.4 is 10.2 Å². The minimum Gasteiger partial charge on any atom is -0.369 e. The molecule has 1 atom stereocenters. The fourth-order valence-corrected chi connectivity index (χ4v) is 2.25. The first-order valence-electron chi connectivity index (χ1n) is 6.03. The van der Waals surface area contributed by atoms with Gasteiger partial charge in [-0.1, -0.05) is 13.3 Å². The van der Waals surface area contributed by atoms with Crippen molar-refractivity contribution in [1.29, 1.82) is 0 Å². The summed E-state index contributed by atoms with van der Waals surface area (Å²) in [6.07, 6.45) is 2.41. The number of hydrogen-bond donors (Lipinski definition) is 1. The number of hydrogen-bond acceptors (Lipinski definition) is 2. The van der Waals surface area contributed by atoms with Crippen molar-refractivity contribution < 1.29 is 4.39 Å². The van der Waals surface area contributed by atoms with Crippen molar-refractivity contribution in [3.63, 3.8) is 0 Å². The van der Waals surface area contributed by atoms with E-state index < -0.39 is 0 Å². The summed E-state index contributed by atoms with van der Waals surface area (Å²) < 4.78 is 12.8. The van der Waals surface area contributed by atoms with Crippen molar-refractivity contribution >= 4 is 5.69 Å². The van der Waals surface area contributed by atoms with Crippen molar-refractivity contribution in [1.82, 2.24) is 5.32 Å². The molecule has 1 saturated heterocycles. The maximum atomic E-state index is 12.8. The summed E-state index contributed by atoms with van der Waals surface area (Å²) in [6, 6.07) is 7.37. The Hall–Kier alpha value is -1.09. The van der Waals surface area contributed by atoms with E-state index >= 15 is 0 Å². The summed E-state index contributed by atoms with van der Waals surface area (Å²) in [6.45, 7) is 5.26. The van der Waals surface area contributed by atoms with E-state index in [1.807, 2.05) is 12.1 Å². The van der Waals surface area contributed by atoms with E-state index in [2.05, 4.69) is 17.1 Å². The molecule has 0 aliphatic carbocycles. The van der Waals surface area contributed by atoms with Crippen molar-refractivity contribution in [3.8, 4) is 0 Å². The van der Waals surface area contributed by atoms with Gasteiger partial charge in [0, 0.05) is 31.4 Å². The van der Waals surface area contributed by atoms with Crippen molar-refractivity contribution in [2.24, 2.45) is 0 Å². The Kier molecular flexibility index (Phi) is 3.78. The fraction of sp³-hybridized carbons (Fsp3) is 0.538. The summed E-state index contributed by atoms with van der Waals surface area (Å²) >= 11 is 0. The van der Waals surface area contributed by atoms with Gasteiger partial charge in [-0.25, -0.2) is 4.39 Å². The molecule has 1 unspecified atom stereocenters. The quantitative estimate of drug-likeness (QED) is 0.845. The Morgan fingerprint density at radius 2 is 2.12 bits per heavy atom. The molecule has 1 fully saturated rings. The van der Waals surface area contributed by atoms with Crippen LogP contribution in [-0.2, 0) is 0 Å². The topological polar surface area (TPSA) is 15.3 Å². The smallest absolute Gasteiger partial charge is 0.123 e. The second-order valence-electron chi connectivity index (χ2n) is 4.36. The maximum Gasteiger partial charge on any atom is 0.123 e. The second kappa shape index (κ2) is 5.30. The van der Waals surface area contributed by atoms with Crippen LogP contribution in [0.5, 0.6) is 0 Å². The van der Waals surface area contributed by atoms with Gasteiger partial charge in [0.15, 0.2) is 0 Å². The van der Waals surface area contributed by atoms with E-state index in [0.29, 0.717) is 6.04 Å². The molecule has 16 heavy (non-hydrogen) atoms. The highest BCUT2D eigenvalue weighted by molar-refractivity contribution is 5.46. The van der Waals surface area contributed by atoms with Crippen LogP contribution >= 0.6 is 0 Å². The third kappa shape index (κ3) is 2.73. The van der Waals surface area contributed by atoms with Gasteiger partial charge in [0.25, 0.3) is 0 Å². The SMILES string of the molecule is CCCC1CN(c2ccc(F)cc2)CCN1. The molecule has 1 aromatic carbocycles. The molecule has 1 N–H and O–H groups in total. The number of halogens is 1. The van der Waals surface area contributed by atoms with Crippen LogP contribution in [-0.4, -0.2) is 25.7 Å². The van der Waals surface area contributed by atoms with Gasteiger partial charge in [-0.2, -0.15) is 0 Å². The fourth-order valence-electron chi connectivity index (χ4n) is 2.25. The Labute approximate surface area is 96.5 Å². The molecular formula is C13H19FN2. The molecule has 0 bridgehead atoms. The number of rotatable bonds is 3. The maximum absolute atomic E-state index is 12.8. The first kappa shape index (κ1) is 11.4. The van der Waals surface area contributed by atoms with Crippen LogP contribution in [0.15, 0.2) is 24.3 Å². The minimum absolute atomic E-state index is 0.163. The predicted molar refractivity (Wildman–Crippen MR) is 65.3 cm³/mol. The molecule has 1 aromatic rings. The highest BCUT2D eigenvalue weighted by Crippen LogP contribution is 2.17. The van der Waals surface area contributed by atoms with Gasteiger partial charge in [-0.05, 0) is 30.7 Å². The highest BCUT2D eigenvalue weighted by atomic mass is 19.1. The van der Waals surface area contributed by atoms with E-state index in [0.717, 1.165) is 25.3 Å². The molecular weight excluding hydrogens is 203 g/mol. The van der Waals surface area contributed by atoms with Gasteiger partial charge >= 0.3 is 0 Å². The van der Waals surface area contributed by atoms with Crippen LogP contribution in [0.1, 0.15) is 19.8 Å². The largest absolute Gasteiger partial charge is 0.369 e. The molecule has 0 radical (unpaired) electrons. The second-order valence-corrected chi connectivity index (χ2v) is 4.36. The highest BCUT2D eigenvalue weighted by Gasteiger charge is 2.18. The zero-order chi connectivity index (χ0) is 11.4. The van der Waals surface area contributed by atoms with Gasteiger partial charge in [0.1, 0.15) is 5.82 Å². The first-order valence-corrected chi connectivity index (χ1v) is 6.03. The summed E-state index contributed by atoms with van der Waals surface area (Å²) in [5, 5.41) is 3.52. The van der Waals surface area contributed by atoms with Crippen LogP contribution in [0.25, 0.3) is 0 Å². The van der Waals surface area contributed by atoms with Crippen molar-refractivity contribution in [2.45, 2.75) is 25.8 Å². The van der Waals surface area contributed by atoms with Gasteiger partial charge in [-0.3, -0.25) is 0 Å². The third-order valence-electron chi connectivity index (χ3n) is 3.08. The summed E-state index contributed by atoms with van der Waals surface area (Å²) in [7, 11) is 0. The molecule has 2 rings (SSSR count). The molecule has 1 aliphatic heterocycles. The van der Waals surface area contributed by atoms with Crippen LogP contribution in [0.4, 0.5) is 10.1 Å². The summed E-state index contributed by atoms with van der Waals surface area (Å²) in [5.74, 6) is -0.163. The molecule has 0 spiro atoms.